The standard InChI is InChI=1S/C22H28N4O10/c27-12-5-3-11(4-6-12)8-14(20(33)26-16(22(35)36)10-18(30)31)24-21(34)15(9-17(28)29)25-19(32)13-2-1-7-23-13/h3-6,13-16,23,27H,1-2,7-10H2,(H,24,34)(H,25,32)(H,26,33)(H,28,29)(H,30,31)(H,35,36). The summed E-state index contributed by atoms with van der Waals surface area (Å²) in [5.41, 5.74) is 0.437. The van der Waals surface area contributed by atoms with E-state index in [2.05, 4.69) is 21.3 Å². The molecule has 36 heavy (non-hydrogen) atoms. The van der Waals surface area contributed by atoms with E-state index in [9.17, 15) is 44.1 Å². The maximum absolute atomic E-state index is 12.9. The van der Waals surface area contributed by atoms with Crippen LogP contribution in [0.25, 0.3) is 0 Å². The Labute approximate surface area is 205 Å². The van der Waals surface area contributed by atoms with E-state index in [0.717, 1.165) is 6.42 Å². The van der Waals surface area contributed by atoms with Crippen molar-refractivity contribution in [2.24, 2.45) is 0 Å². The van der Waals surface area contributed by atoms with E-state index >= 15 is 0 Å². The van der Waals surface area contributed by atoms with Gasteiger partial charge in [-0.15, -0.1) is 0 Å². The number of aliphatic carboxylic acids is 3. The lowest BCUT2D eigenvalue weighted by Crippen LogP contribution is -2.58. The fourth-order valence-corrected chi connectivity index (χ4v) is 3.56. The Kier molecular flexibility index (Phi) is 10.2. The van der Waals surface area contributed by atoms with Gasteiger partial charge in [-0.05, 0) is 37.1 Å². The summed E-state index contributed by atoms with van der Waals surface area (Å²) in [4.78, 5) is 71.9. The normalized spacial score (nSPS) is 17.3. The summed E-state index contributed by atoms with van der Waals surface area (Å²) < 4.78 is 0. The largest absolute Gasteiger partial charge is 0.508 e. The van der Waals surface area contributed by atoms with Gasteiger partial charge in [0, 0.05) is 6.42 Å². The van der Waals surface area contributed by atoms with Crippen molar-refractivity contribution in [2.75, 3.05) is 6.54 Å². The van der Waals surface area contributed by atoms with Crippen molar-refractivity contribution in [3.8, 4) is 5.75 Å². The van der Waals surface area contributed by atoms with Gasteiger partial charge in [0.15, 0.2) is 0 Å². The highest BCUT2D eigenvalue weighted by atomic mass is 16.4. The molecule has 2 rings (SSSR count). The molecule has 196 valence electrons. The van der Waals surface area contributed by atoms with Gasteiger partial charge in [0.05, 0.1) is 18.9 Å². The van der Waals surface area contributed by atoms with Crippen LogP contribution in [0.2, 0.25) is 0 Å². The molecule has 0 bridgehead atoms. The predicted octanol–water partition coefficient (Wildman–Crippen LogP) is -1.82. The summed E-state index contributed by atoms with van der Waals surface area (Å²) in [7, 11) is 0. The zero-order chi connectivity index (χ0) is 26.8. The van der Waals surface area contributed by atoms with Crippen LogP contribution >= 0.6 is 0 Å². The van der Waals surface area contributed by atoms with Gasteiger partial charge < -0.3 is 41.7 Å². The van der Waals surface area contributed by atoms with E-state index in [0.29, 0.717) is 18.5 Å². The van der Waals surface area contributed by atoms with E-state index in [4.69, 9.17) is 5.11 Å². The van der Waals surface area contributed by atoms with Crippen LogP contribution in [-0.2, 0) is 35.2 Å². The quantitative estimate of drug-likeness (QED) is 0.148. The lowest BCUT2D eigenvalue weighted by molar-refractivity contribution is -0.147. The minimum Gasteiger partial charge on any atom is -0.508 e. The highest BCUT2D eigenvalue weighted by Crippen LogP contribution is 2.12. The Balaban J connectivity index is 2.23. The lowest BCUT2D eigenvalue weighted by Gasteiger charge is -2.24. The molecule has 0 spiro atoms. The number of hydrogen-bond donors (Lipinski definition) is 8. The van der Waals surface area contributed by atoms with Crippen molar-refractivity contribution in [1.82, 2.24) is 21.3 Å². The molecular formula is C22H28N4O10. The molecule has 8 N–H and O–H groups in total. The molecule has 1 aromatic carbocycles. The molecule has 1 aliphatic rings. The van der Waals surface area contributed by atoms with Gasteiger partial charge >= 0.3 is 17.9 Å². The summed E-state index contributed by atoms with van der Waals surface area (Å²) in [6, 6.07) is 0.121. The number of phenols is 1. The average Bonchev–Trinajstić information content (AvgIpc) is 3.33. The van der Waals surface area contributed by atoms with E-state index in [-0.39, 0.29) is 12.2 Å². The van der Waals surface area contributed by atoms with Crippen molar-refractivity contribution >= 4 is 35.6 Å². The molecule has 0 saturated carbocycles. The second-order valence-electron chi connectivity index (χ2n) is 8.24. The Bertz CT molecular complexity index is 991. The number of carbonyl (C=O) groups excluding carboxylic acids is 3. The molecular weight excluding hydrogens is 480 g/mol. The van der Waals surface area contributed by atoms with Crippen LogP contribution in [0.1, 0.15) is 31.2 Å². The van der Waals surface area contributed by atoms with Crippen LogP contribution in [0, 0.1) is 0 Å². The molecule has 14 nitrogen and oxygen atoms in total. The Morgan fingerprint density at radius 1 is 0.833 bits per heavy atom. The fraction of sp³-hybridized carbons (Fsp3) is 0.455. The molecule has 3 amide bonds. The van der Waals surface area contributed by atoms with Crippen LogP contribution in [0.3, 0.4) is 0 Å². The number of benzene rings is 1. The van der Waals surface area contributed by atoms with Crippen molar-refractivity contribution in [2.45, 2.75) is 56.3 Å². The van der Waals surface area contributed by atoms with Gasteiger partial charge in [0.25, 0.3) is 0 Å². The molecule has 14 heteroatoms. The van der Waals surface area contributed by atoms with E-state index in [1.807, 2.05) is 0 Å². The first-order valence-corrected chi connectivity index (χ1v) is 11.0. The topological polar surface area (TPSA) is 231 Å². The van der Waals surface area contributed by atoms with E-state index < -0.39 is 72.6 Å². The summed E-state index contributed by atoms with van der Waals surface area (Å²) in [6.07, 6.45) is -0.694. The van der Waals surface area contributed by atoms with E-state index in [1.165, 1.54) is 24.3 Å². The molecule has 0 aromatic heterocycles. The number of carboxylic acid groups (broad SMARTS) is 3. The van der Waals surface area contributed by atoms with Crippen LogP contribution < -0.4 is 21.3 Å². The Hall–Kier alpha value is -4.20. The Morgan fingerprint density at radius 2 is 1.39 bits per heavy atom. The third-order valence-corrected chi connectivity index (χ3v) is 5.39. The number of carboxylic acids is 3. The number of nitrogens with one attached hydrogen (secondary N) is 4. The third-order valence-electron chi connectivity index (χ3n) is 5.39. The second kappa shape index (κ2) is 13.0. The number of rotatable bonds is 13. The first-order valence-electron chi connectivity index (χ1n) is 11.0. The minimum atomic E-state index is -1.79. The second-order valence-corrected chi connectivity index (χ2v) is 8.24. The molecule has 4 atom stereocenters. The molecule has 1 saturated heterocycles. The van der Waals surface area contributed by atoms with Gasteiger partial charge in [0.2, 0.25) is 17.7 Å². The molecule has 1 fully saturated rings. The van der Waals surface area contributed by atoms with Crippen molar-refractivity contribution < 1.29 is 49.2 Å². The molecule has 4 unspecified atom stereocenters. The number of hydrogen-bond acceptors (Lipinski definition) is 8. The van der Waals surface area contributed by atoms with Gasteiger partial charge in [-0.2, -0.15) is 0 Å². The van der Waals surface area contributed by atoms with Crippen LogP contribution in [0.15, 0.2) is 24.3 Å². The summed E-state index contributed by atoms with van der Waals surface area (Å²) in [6.45, 7) is 0.587. The maximum Gasteiger partial charge on any atom is 0.326 e. The third kappa shape index (κ3) is 8.87. The summed E-state index contributed by atoms with van der Waals surface area (Å²) >= 11 is 0. The number of amides is 3. The monoisotopic (exact) mass is 508 g/mol. The summed E-state index contributed by atoms with van der Waals surface area (Å²) in [5.74, 6) is -7.17. The highest BCUT2D eigenvalue weighted by Gasteiger charge is 2.33. The van der Waals surface area contributed by atoms with E-state index in [1.54, 1.807) is 0 Å². The van der Waals surface area contributed by atoms with Gasteiger partial charge in [-0.25, -0.2) is 4.79 Å². The average molecular weight is 508 g/mol. The van der Waals surface area contributed by atoms with Crippen LogP contribution in [0.4, 0.5) is 0 Å². The van der Waals surface area contributed by atoms with Crippen molar-refractivity contribution in [3.63, 3.8) is 0 Å². The van der Waals surface area contributed by atoms with Gasteiger partial charge in [-0.1, -0.05) is 12.1 Å². The van der Waals surface area contributed by atoms with Gasteiger partial charge in [0.1, 0.15) is 23.9 Å². The first-order chi connectivity index (χ1) is 17.0. The maximum atomic E-state index is 12.9. The van der Waals surface area contributed by atoms with Crippen LogP contribution in [-0.4, -0.2) is 86.8 Å². The van der Waals surface area contributed by atoms with Gasteiger partial charge in [-0.3, -0.25) is 24.0 Å². The molecule has 1 heterocycles. The SMILES string of the molecule is O=C(O)CC(NC(=O)C(Cc1ccc(O)cc1)NC(=O)C(CC(=O)O)NC(=O)C1CCCN1)C(=O)O. The fourth-order valence-electron chi connectivity index (χ4n) is 3.56. The first kappa shape index (κ1) is 28.0. The zero-order valence-corrected chi connectivity index (χ0v) is 19.1. The van der Waals surface area contributed by atoms with Crippen LogP contribution in [0.5, 0.6) is 5.75 Å². The summed E-state index contributed by atoms with van der Waals surface area (Å²) in [5, 5.41) is 46.5. The molecule has 0 aliphatic carbocycles. The lowest BCUT2D eigenvalue weighted by atomic mass is 10.0. The number of aromatic hydroxyl groups is 1. The molecule has 1 aliphatic heterocycles. The number of phenolic OH excluding ortho intramolecular Hbond substituents is 1. The number of carbonyl (C=O) groups is 6. The Morgan fingerprint density at radius 3 is 1.92 bits per heavy atom. The van der Waals surface area contributed by atoms with Crippen molar-refractivity contribution in [1.29, 1.82) is 0 Å². The smallest absolute Gasteiger partial charge is 0.326 e. The predicted molar refractivity (Wildman–Crippen MR) is 121 cm³/mol. The van der Waals surface area contributed by atoms with Crippen molar-refractivity contribution in [3.05, 3.63) is 29.8 Å². The minimum absolute atomic E-state index is 0.0686. The molecule has 0 radical (unpaired) electrons. The molecule has 1 aromatic rings. The highest BCUT2D eigenvalue weighted by molar-refractivity contribution is 5.96. The zero-order valence-electron chi connectivity index (χ0n) is 19.1.